The summed E-state index contributed by atoms with van der Waals surface area (Å²) >= 11 is 1.66. The predicted molar refractivity (Wildman–Crippen MR) is 67.4 cm³/mol. The normalized spacial score (nSPS) is 17.6. The Hall–Kier alpha value is -1.13. The van der Waals surface area contributed by atoms with Gasteiger partial charge in [0, 0.05) is 36.6 Å². The van der Waals surface area contributed by atoms with Crippen molar-refractivity contribution in [3.63, 3.8) is 0 Å². The largest absolute Gasteiger partial charge is 0.336 e. The zero-order valence-corrected chi connectivity index (χ0v) is 10.2. The molecule has 0 bridgehead atoms. The van der Waals surface area contributed by atoms with Crippen molar-refractivity contribution in [2.75, 3.05) is 26.2 Å². The van der Waals surface area contributed by atoms with Crippen molar-refractivity contribution >= 4 is 23.3 Å². The molecule has 1 aliphatic heterocycles. The van der Waals surface area contributed by atoms with E-state index in [2.05, 4.69) is 5.32 Å². The summed E-state index contributed by atoms with van der Waals surface area (Å²) in [6, 6.07) is 4.03. The molecule has 0 spiro atoms. The maximum absolute atomic E-state index is 12.1. The second-order valence-corrected chi connectivity index (χ2v) is 4.86. The molecule has 1 fully saturated rings. The predicted octanol–water partition coefficient (Wildman–Crippen LogP) is 1.58. The summed E-state index contributed by atoms with van der Waals surface area (Å²) in [5, 5.41) is 5.27. The van der Waals surface area contributed by atoms with Crippen LogP contribution in [0.15, 0.2) is 23.1 Å². The Morgan fingerprint density at radius 2 is 2.25 bits per heavy atom. The summed E-state index contributed by atoms with van der Waals surface area (Å²) in [7, 11) is 0. The Morgan fingerprint density at radius 3 is 2.88 bits per heavy atom. The Morgan fingerprint density at radius 1 is 1.50 bits per heavy atom. The van der Waals surface area contributed by atoms with Gasteiger partial charge in [-0.25, -0.2) is 0 Å². The summed E-state index contributed by atoms with van der Waals surface area (Å²) in [6.45, 7) is 5.32. The van der Waals surface area contributed by atoms with Gasteiger partial charge < -0.3 is 10.2 Å². The third-order valence-electron chi connectivity index (χ3n) is 2.64. The average molecular weight is 236 g/mol. The molecule has 1 saturated heterocycles. The van der Waals surface area contributed by atoms with E-state index in [1.807, 2.05) is 35.4 Å². The lowest BCUT2D eigenvalue weighted by Crippen LogP contribution is -2.46. The number of nitrogens with one attached hydrogen (secondary N) is 1. The number of hydrogen-bond donors (Lipinski definition) is 1. The molecule has 86 valence electrons. The van der Waals surface area contributed by atoms with Crippen molar-refractivity contribution in [3.05, 3.63) is 28.0 Å². The van der Waals surface area contributed by atoms with Crippen molar-refractivity contribution in [2.45, 2.75) is 6.92 Å². The van der Waals surface area contributed by atoms with Crippen molar-refractivity contribution in [1.82, 2.24) is 10.2 Å². The minimum absolute atomic E-state index is 0.162. The summed E-state index contributed by atoms with van der Waals surface area (Å²) in [5.41, 5.74) is 0.823. The number of nitrogens with zero attached hydrogens (tertiary/aromatic N) is 1. The molecule has 2 rings (SSSR count). The quantitative estimate of drug-likeness (QED) is 0.791. The van der Waals surface area contributed by atoms with Crippen LogP contribution >= 0.6 is 11.3 Å². The highest BCUT2D eigenvalue weighted by Gasteiger charge is 2.17. The lowest BCUT2D eigenvalue weighted by atomic mass is 10.2. The molecule has 1 aromatic rings. The van der Waals surface area contributed by atoms with Crippen LogP contribution < -0.4 is 5.32 Å². The molecular weight excluding hydrogens is 220 g/mol. The molecule has 1 aliphatic rings. The van der Waals surface area contributed by atoms with Crippen LogP contribution in [-0.2, 0) is 4.79 Å². The molecule has 1 N–H and O–H groups in total. The molecule has 0 aliphatic carbocycles. The van der Waals surface area contributed by atoms with Crippen molar-refractivity contribution in [1.29, 1.82) is 0 Å². The fourth-order valence-corrected chi connectivity index (χ4v) is 2.48. The molecular formula is C12H16N2OS. The molecule has 0 radical (unpaired) electrons. The van der Waals surface area contributed by atoms with Gasteiger partial charge in [-0.3, -0.25) is 4.79 Å². The molecule has 3 nitrogen and oxygen atoms in total. The van der Waals surface area contributed by atoms with Gasteiger partial charge in [-0.15, -0.1) is 11.3 Å². The van der Waals surface area contributed by atoms with E-state index < -0.39 is 0 Å². The summed E-state index contributed by atoms with van der Waals surface area (Å²) < 4.78 is 0. The minimum Gasteiger partial charge on any atom is -0.336 e. The number of amides is 1. The van der Waals surface area contributed by atoms with Crippen molar-refractivity contribution in [3.8, 4) is 0 Å². The second-order valence-electron chi connectivity index (χ2n) is 3.88. The molecule has 0 unspecified atom stereocenters. The van der Waals surface area contributed by atoms with Gasteiger partial charge in [0.25, 0.3) is 0 Å². The van der Waals surface area contributed by atoms with E-state index in [0.29, 0.717) is 0 Å². The second kappa shape index (κ2) is 5.27. The Labute approximate surface area is 99.8 Å². The SMILES string of the molecule is C/C(=C\c1cccs1)C(=O)N1CCNCC1. The fraction of sp³-hybridized carbons (Fsp3) is 0.417. The molecule has 0 aromatic carbocycles. The Kier molecular flexibility index (Phi) is 3.74. The van der Waals surface area contributed by atoms with Gasteiger partial charge in [-0.1, -0.05) is 6.07 Å². The van der Waals surface area contributed by atoms with Gasteiger partial charge in [0.05, 0.1) is 0 Å². The van der Waals surface area contributed by atoms with E-state index in [0.717, 1.165) is 36.6 Å². The molecule has 16 heavy (non-hydrogen) atoms. The van der Waals surface area contributed by atoms with Crippen molar-refractivity contribution < 1.29 is 4.79 Å². The Bertz CT molecular complexity index is 378. The molecule has 2 heterocycles. The van der Waals surface area contributed by atoms with Gasteiger partial charge in [0.15, 0.2) is 0 Å². The fourth-order valence-electron chi connectivity index (χ4n) is 1.77. The van der Waals surface area contributed by atoms with E-state index >= 15 is 0 Å². The molecule has 4 heteroatoms. The van der Waals surface area contributed by atoms with Crippen LogP contribution in [0.1, 0.15) is 11.8 Å². The number of carbonyl (C=O) groups is 1. The summed E-state index contributed by atoms with van der Waals surface area (Å²) in [6.07, 6.45) is 1.97. The van der Waals surface area contributed by atoms with Crippen LogP contribution in [0.4, 0.5) is 0 Å². The van der Waals surface area contributed by atoms with Crippen LogP contribution in [0.2, 0.25) is 0 Å². The standard InChI is InChI=1S/C12H16N2OS/c1-10(9-11-3-2-8-16-11)12(15)14-6-4-13-5-7-14/h2-3,8-9,13H,4-7H2,1H3/b10-9+. The highest BCUT2D eigenvalue weighted by atomic mass is 32.1. The number of carbonyl (C=O) groups excluding carboxylic acids is 1. The smallest absolute Gasteiger partial charge is 0.249 e. The van der Waals surface area contributed by atoms with Crippen LogP contribution in [0.5, 0.6) is 0 Å². The number of hydrogen-bond acceptors (Lipinski definition) is 3. The van der Waals surface area contributed by atoms with E-state index in [9.17, 15) is 4.79 Å². The number of rotatable bonds is 2. The summed E-state index contributed by atoms with van der Waals surface area (Å²) in [5.74, 6) is 0.162. The van der Waals surface area contributed by atoms with Gasteiger partial charge in [-0.05, 0) is 24.4 Å². The lowest BCUT2D eigenvalue weighted by Gasteiger charge is -2.27. The first-order valence-electron chi connectivity index (χ1n) is 5.49. The van der Waals surface area contributed by atoms with Crippen LogP contribution in [0.3, 0.4) is 0 Å². The van der Waals surface area contributed by atoms with Crippen LogP contribution in [0, 0.1) is 0 Å². The first-order chi connectivity index (χ1) is 7.77. The zero-order valence-electron chi connectivity index (χ0n) is 9.40. The topological polar surface area (TPSA) is 32.3 Å². The average Bonchev–Trinajstić information content (AvgIpc) is 2.82. The minimum atomic E-state index is 0.162. The lowest BCUT2D eigenvalue weighted by molar-refractivity contribution is -0.127. The van der Waals surface area contributed by atoms with E-state index in [1.54, 1.807) is 11.3 Å². The van der Waals surface area contributed by atoms with Crippen LogP contribution in [0.25, 0.3) is 6.08 Å². The van der Waals surface area contributed by atoms with Gasteiger partial charge in [-0.2, -0.15) is 0 Å². The number of thiophene rings is 1. The van der Waals surface area contributed by atoms with Crippen LogP contribution in [-0.4, -0.2) is 37.0 Å². The molecule has 1 amide bonds. The van der Waals surface area contributed by atoms with E-state index in [-0.39, 0.29) is 5.91 Å². The molecule has 0 saturated carbocycles. The third-order valence-corrected chi connectivity index (χ3v) is 3.46. The molecule has 0 atom stereocenters. The van der Waals surface area contributed by atoms with Crippen molar-refractivity contribution in [2.24, 2.45) is 0 Å². The zero-order chi connectivity index (χ0) is 11.4. The van der Waals surface area contributed by atoms with Gasteiger partial charge in [0.2, 0.25) is 5.91 Å². The van der Waals surface area contributed by atoms with Gasteiger partial charge >= 0.3 is 0 Å². The number of piperazine rings is 1. The van der Waals surface area contributed by atoms with E-state index in [4.69, 9.17) is 0 Å². The molecule has 1 aromatic heterocycles. The maximum atomic E-state index is 12.1. The summed E-state index contributed by atoms with van der Waals surface area (Å²) in [4.78, 5) is 15.1. The first kappa shape index (κ1) is 11.4. The highest BCUT2D eigenvalue weighted by molar-refractivity contribution is 7.10. The van der Waals surface area contributed by atoms with E-state index in [1.165, 1.54) is 0 Å². The third kappa shape index (κ3) is 2.71. The Balaban J connectivity index is 2.03. The highest BCUT2D eigenvalue weighted by Crippen LogP contribution is 2.14. The van der Waals surface area contributed by atoms with Gasteiger partial charge in [0.1, 0.15) is 0 Å². The first-order valence-corrected chi connectivity index (χ1v) is 6.37. The monoisotopic (exact) mass is 236 g/mol. The maximum Gasteiger partial charge on any atom is 0.249 e.